The minimum atomic E-state index is -0.611. The van der Waals surface area contributed by atoms with Gasteiger partial charge in [-0.3, -0.25) is 4.79 Å². The zero-order valence-corrected chi connectivity index (χ0v) is 13.4. The molecule has 6 heteroatoms. The van der Waals surface area contributed by atoms with Gasteiger partial charge >= 0.3 is 5.97 Å². The van der Waals surface area contributed by atoms with Gasteiger partial charge in [0.1, 0.15) is 11.5 Å². The van der Waals surface area contributed by atoms with Crippen LogP contribution in [-0.4, -0.2) is 18.5 Å². The monoisotopic (exact) mass is 363 g/mol. The fourth-order valence-corrected chi connectivity index (χ4v) is 1.87. The van der Waals surface area contributed by atoms with Gasteiger partial charge in [-0.2, -0.15) is 0 Å². The molecule has 2 rings (SSSR count). The molecule has 0 fully saturated rings. The van der Waals surface area contributed by atoms with Gasteiger partial charge in [-0.25, -0.2) is 4.79 Å². The Morgan fingerprint density at radius 2 is 1.95 bits per heavy atom. The van der Waals surface area contributed by atoms with Crippen molar-refractivity contribution in [2.75, 3.05) is 11.9 Å². The molecular weight excluding hydrogens is 350 g/mol. The molecule has 0 atom stereocenters. The fraction of sp³-hybridized carbons (Fsp3) is 0.125. The van der Waals surface area contributed by atoms with Crippen LogP contribution in [0, 0.1) is 6.92 Å². The van der Waals surface area contributed by atoms with Crippen LogP contribution in [-0.2, 0) is 14.3 Å². The van der Waals surface area contributed by atoms with Crippen LogP contribution < -0.4 is 5.32 Å². The smallest absolute Gasteiger partial charge is 0.331 e. The zero-order valence-electron chi connectivity index (χ0n) is 11.8. The minimum Gasteiger partial charge on any atom is -0.462 e. The van der Waals surface area contributed by atoms with Crippen LogP contribution in [0.25, 0.3) is 6.08 Å². The number of furan rings is 1. The molecule has 5 nitrogen and oxygen atoms in total. The SMILES string of the molecule is Cc1ccc(C=CC(=O)OCC(=O)Nc2ccc(Br)cc2)o1. The number of carbonyl (C=O) groups is 2. The second-order valence-corrected chi connectivity index (χ2v) is 5.36. The Bertz CT molecular complexity index is 688. The third-order valence-electron chi connectivity index (χ3n) is 2.62. The number of benzene rings is 1. The van der Waals surface area contributed by atoms with Crippen LogP contribution in [0.5, 0.6) is 0 Å². The average Bonchev–Trinajstić information content (AvgIpc) is 2.91. The summed E-state index contributed by atoms with van der Waals surface area (Å²) >= 11 is 3.30. The summed E-state index contributed by atoms with van der Waals surface area (Å²) in [6, 6.07) is 10.6. The highest BCUT2D eigenvalue weighted by Gasteiger charge is 2.06. The first kappa shape index (κ1) is 16.0. The van der Waals surface area contributed by atoms with Crippen LogP contribution in [0.1, 0.15) is 11.5 Å². The third-order valence-corrected chi connectivity index (χ3v) is 3.15. The molecule has 0 bridgehead atoms. The highest BCUT2D eigenvalue weighted by atomic mass is 79.9. The van der Waals surface area contributed by atoms with E-state index in [2.05, 4.69) is 21.2 Å². The van der Waals surface area contributed by atoms with E-state index in [-0.39, 0.29) is 6.61 Å². The zero-order chi connectivity index (χ0) is 15.9. The van der Waals surface area contributed by atoms with Gasteiger partial charge in [0.2, 0.25) is 0 Å². The molecule has 0 aliphatic carbocycles. The molecule has 0 saturated carbocycles. The lowest BCUT2D eigenvalue weighted by molar-refractivity contribution is -0.142. The summed E-state index contributed by atoms with van der Waals surface area (Å²) < 4.78 is 11.0. The van der Waals surface area contributed by atoms with Gasteiger partial charge in [0, 0.05) is 16.2 Å². The van der Waals surface area contributed by atoms with Gasteiger partial charge in [-0.05, 0) is 49.4 Å². The number of aryl methyl sites for hydroxylation is 1. The minimum absolute atomic E-state index is 0.351. The first-order valence-corrected chi connectivity index (χ1v) is 7.29. The van der Waals surface area contributed by atoms with Gasteiger partial charge in [-0.1, -0.05) is 15.9 Å². The Kier molecular flexibility index (Phi) is 5.55. The molecule has 0 aliphatic rings. The van der Waals surface area contributed by atoms with Crippen molar-refractivity contribution in [1.82, 2.24) is 0 Å². The number of anilines is 1. The molecule has 1 aromatic carbocycles. The number of carbonyl (C=O) groups excluding carboxylic acids is 2. The molecule has 0 radical (unpaired) electrons. The van der Waals surface area contributed by atoms with E-state index in [1.54, 1.807) is 36.4 Å². The second-order valence-electron chi connectivity index (χ2n) is 4.44. The average molecular weight is 364 g/mol. The predicted octanol–water partition coefficient (Wildman–Crippen LogP) is 3.55. The molecule has 1 aromatic heterocycles. The van der Waals surface area contributed by atoms with E-state index in [0.717, 1.165) is 10.2 Å². The van der Waals surface area contributed by atoms with Crippen molar-refractivity contribution in [1.29, 1.82) is 0 Å². The number of halogens is 1. The standard InChI is InChI=1S/C16H14BrNO4/c1-11-2-7-14(22-11)8-9-16(20)21-10-15(19)18-13-5-3-12(17)4-6-13/h2-9H,10H2,1H3,(H,18,19). The van der Waals surface area contributed by atoms with Gasteiger partial charge < -0.3 is 14.5 Å². The summed E-state index contributed by atoms with van der Waals surface area (Å²) in [7, 11) is 0. The first-order valence-electron chi connectivity index (χ1n) is 6.49. The van der Waals surface area contributed by atoms with Crippen LogP contribution in [0.15, 0.2) is 51.4 Å². The normalized spacial score (nSPS) is 10.6. The molecule has 114 valence electrons. The number of ether oxygens (including phenoxy) is 1. The van der Waals surface area contributed by atoms with Crippen molar-refractivity contribution in [3.63, 3.8) is 0 Å². The molecule has 1 N–H and O–H groups in total. The van der Waals surface area contributed by atoms with Gasteiger partial charge in [0.15, 0.2) is 6.61 Å². The summed E-state index contributed by atoms with van der Waals surface area (Å²) in [6.45, 7) is 1.46. The van der Waals surface area contributed by atoms with Crippen molar-refractivity contribution in [2.24, 2.45) is 0 Å². The molecule has 0 unspecified atom stereocenters. The maximum Gasteiger partial charge on any atom is 0.331 e. The Balaban J connectivity index is 1.77. The van der Waals surface area contributed by atoms with E-state index in [0.29, 0.717) is 11.4 Å². The summed E-state index contributed by atoms with van der Waals surface area (Å²) in [6.07, 6.45) is 2.70. The van der Waals surface area contributed by atoms with Crippen LogP contribution in [0.4, 0.5) is 5.69 Å². The summed E-state index contributed by atoms with van der Waals surface area (Å²) in [5.74, 6) is 0.286. The fourth-order valence-electron chi connectivity index (χ4n) is 1.61. The highest BCUT2D eigenvalue weighted by molar-refractivity contribution is 9.10. The van der Waals surface area contributed by atoms with Crippen molar-refractivity contribution in [2.45, 2.75) is 6.92 Å². The van der Waals surface area contributed by atoms with Crippen molar-refractivity contribution in [3.05, 3.63) is 58.5 Å². The maximum absolute atomic E-state index is 11.6. The Hall–Kier alpha value is -2.34. The molecule has 1 amide bonds. The van der Waals surface area contributed by atoms with Crippen LogP contribution in [0.3, 0.4) is 0 Å². The molecule has 0 aliphatic heterocycles. The molecule has 0 spiro atoms. The van der Waals surface area contributed by atoms with Gasteiger partial charge in [0.05, 0.1) is 0 Å². The van der Waals surface area contributed by atoms with Crippen molar-refractivity contribution >= 4 is 39.6 Å². The number of hydrogen-bond donors (Lipinski definition) is 1. The number of rotatable bonds is 5. The number of esters is 1. The number of nitrogens with one attached hydrogen (secondary N) is 1. The molecule has 0 saturated heterocycles. The highest BCUT2D eigenvalue weighted by Crippen LogP contribution is 2.14. The van der Waals surface area contributed by atoms with E-state index >= 15 is 0 Å². The first-order chi connectivity index (χ1) is 10.5. The Morgan fingerprint density at radius 3 is 2.59 bits per heavy atom. The van der Waals surface area contributed by atoms with E-state index < -0.39 is 11.9 Å². The Labute approximate surface area is 136 Å². The van der Waals surface area contributed by atoms with Crippen molar-refractivity contribution < 1.29 is 18.7 Å². The molecule has 2 aromatic rings. The largest absolute Gasteiger partial charge is 0.462 e. The van der Waals surface area contributed by atoms with E-state index in [9.17, 15) is 9.59 Å². The van der Waals surface area contributed by atoms with E-state index in [4.69, 9.17) is 9.15 Å². The maximum atomic E-state index is 11.6. The van der Waals surface area contributed by atoms with Crippen molar-refractivity contribution in [3.8, 4) is 0 Å². The lowest BCUT2D eigenvalue weighted by atomic mass is 10.3. The summed E-state index contributed by atoms with van der Waals surface area (Å²) in [5.41, 5.74) is 0.630. The van der Waals surface area contributed by atoms with Crippen LogP contribution in [0.2, 0.25) is 0 Å². The van der Waals surface area contributed by atoms with Gasteiger partial charge in [-0.15, -0.1) is 0 Å². The summed E-state index contributed by atoms with van der Waals surface area (Å²) in [5, 5.41) is 2.62. The van der Waals surface area contributed by atoms with E-state index in [1.807, 2.05) is 6.92 Å². The quantitative estimate of drug-likeness (QED) is 0.651. The second kappa shape index (κ2) is 7.61. The number of amides is 1. The van der Waals surface area contributed by atoms with Crippen LogP contribution >= 0.6 is 15.9 Å². The molecule has 1 heterocycles. The number of hydrogen-bond acceptors (Lipinski definition) is 4. The topological polar surface area (TPSA) is 68.5 Å². The molecular formula is C16H14BrNO4. The lowest BCUT2D eigenvalue weighted by Gasteiger charge is -2.05. The molecule has 22 heavy (non-hydrogen) atoms. The van der Waals surface area contributed by atoms with Gasteiger partial charge in [0.25, 0.3) is 5.91 Å². The summed E-state index contributed by atoms with van der Waals surface area (Å²) in [4.78, 5) is 23.1. The Morgan fingerprint density at radius 1 is 1.23 bits per heavy atom. The van der Waals surface area contributed by atoms with E-state index in [1.165, 1.54) is 12.2 Å². The predicted molar refractivity (Wildman–Crippen MR) is 86.2 cm³/mol. The third kappa shape index (κ3) is 5.21. The lowest BCUT2D eigenvalue weighted by Crippen LogP contribution is -2.20.